The minimum absolute atomic E-state index is 0.0179. The summed E-state index contributed by atoms with van der Waals surface area (Å²) in [4.78, 5) is 11.1. The minimum atomic E-state index is 0.0179. The summed E-state index contributed by atoms with van der Waals surface area (Å²) in [5.74, 6) is 0.877. The van der Waals surface area contributed by atoms with Gasteiger partial charge in [-0.05, 0) is 35.4 Å². The van der Waals surface area contributed by atoms with Crippen LogP contribution in [0.25, 0.3) is 22.2 Å². The van der Waals surface area contributed by atoms with Crippen molar-refractivity contribution in [2.24, 2.45) is 5.41 Å². The molecule has 6 heteroatoms. The first-order chi connectivity index (χ1) is 17.8. The van der Waals surface area contributed by atoms with Crippen molar-refractivity contribution in [3.8, 4) is 11.1 Å². The number of fused-ring (bicyclic) bond motifs is 1. The Hall–Kier alpha value is -2.44. The smallest absolute Gasteiger partial charge is 0.148 e. The zero-order valence-corrected chi connectivity index (χ0v) is 23.8. The van der Waals surface area contributed by atoms with Gasteiger partial charge in [0, 0.05) is 32.5 Å². The van der Waals surface area contributed by atoms with Gasteiger partial charge in [0.2, 0.25) is 0 Å². The van der Waals surface area contributed by atoms with E-state index in [4.69, 9.17) is 4.74 Å². The molecule has 2 heterocycles. The van der Waals surface area contributed by atoms with Crippen molar-refractivity contribution < 1.29 is 9.84 Å². The predicted octanol–water partition coefficient (Wildman–Crippen LogP) is 7.58. The quantitative estimate of drug-likeness (QED) is 0.202. The van der Waals surface area contributed by atoms with Crippen LogP contribution in [0.15, 0.2) is 36.8 Å². The first-order valence-electron chi connectivity index (χ1n) is 14.1. The molecule has 0 spiro atoms. The van der Waals surface area contributed by atoms with Crippen LogP contribution in [-0.4, -0.2) is 40.3 Å². The Morgan fingerprint density at radius 2 is 1.59 bits per heavy atom. The molecule has 0 radical (unpaired) electrons. The molecule has 1 aromatic carbocycles. The van der Waals surface area contributed by atoms with Crippen LogP contribution in [0.5, 0.6) is 0 Å². The number of aliphatic hydroxyl groups excluding tert-OH is 1. The lowest BCUT2D eigenvalue weighted by Gasteiger charge is -2.17. The van der Waals surface area contributed by atoms with Crippen LogP contribution in [-0.2, 0) is 18.1 Å². The minimum Gasteiger partial charge on any atom is -0.392 e. The van der Waals surface area contributed by atoms with Crippen LogP contribution >= 0.6 is 0 Å². The second-order valence-electron chi connectivity index (χ2n) is 11.7. The highest BCUT2D eigenvalue weighted by atomic mass is 16.5. The van der Waals surface area contributed by atoms with Gasteiger partial charge in [-0.2, -0.15) is 0 Å². The van der Waals surface area contributed by atoms with Crippen LogP contribution < -0.4 is 4.90 Å². The van der Waals surface area contributed by atoms with Crippen LogP contribution in [0.2, 0.25) is 0 Å². The van der Waals surface area contributed by atoms with Crippen molar-refractivity contribution in [1.82, 2.24) is 14.5 Å². The largest absolute Gasteiger partial charge is 0.392 e. The average molecular weight is 509 g/mol. The lowest BCUT2D eigenvalue weighted by molar-refractivity contribution is 0.0763. The molecule has 37 heavy (non-hydrogen) atoms. The summed E-state index contributed by atoms with van der Waals surface area (Å²) in [5.41, 5.74) is 4.33. The standard InChI is InChI=1S/C31H48N4O2/c1-31(2,3)18-13-11-9-7-6-8-10-12-14-19-37-24-35-21-27(26-17-15-16-25(20-26)22-36)28-29(34(4)5)32-23-33-30(28)35/h15-17,20-21,23,36H,6-14,18-19,22,24H2,1-5H3. The van der Waals surface area contributed by atoms with Crippen molar-refractivity contribution in [3.05, 3.63) is 42.4 Å². The SMILES string of the molecule is CN(C)c1ncnc2c1c(-c1cccc(CO)c1)cn2COCCCCCCCCCCCC(C)(C)C. The fourth-order valence-corrected chi connectivity index (χ4v) is 4.86. The fourth-order valence-electron chi connectivity index (χ4n) is 4.86. The van der Waals surface area contributed by atoms with Gasteiger partial charge in [-0.25, -0.2) is 9.97 Å². The van der Waals surface area contributed by atoms with E-state index in [1.54, 1.807) is 6.33 Å². The van der Waals surface area contributed by atoms with E-state index < -0.39 is 0 Å². The van der Waals surface area contributed by atoms with Gasteiger partial charge in [0.1, 0.15) is 24.5 Å². The molecule has 0 aliphatic carbocycles. The molecule has 3 rings (SSSR count). The molecule has 0 aliphatic rings. The number of aromatic nitrogens is 3. The maximum atomic E-state index is 9.61. The number of nitrogens with zero attached hydrogens (tertiary/aromatic N) is 4. The second kappa shape index (κ2) is 14.5. The molecule has 0 aliphatic heterocycles. The van der Waals surface area contributed by atoms with Gasteiger partial charge in [0.15, 0.2) is 0 Å². The first-order valence-corrected chi connectivity index (χ1v) is 14.1. The van der Waals surface area contributed by atoms with Crippen molar-refractivity contribution in [2.45, 2.75) is 98.3 Å². The number of hydrogen-bond acceptors (Lipinski definition) is 5. The van der Waals surface area contributed by atoms with Crippen LogP contribution in [0.1, 0.15) is 90.5 Å². The first kappa shape index (κ1) is 29.1. The van der Waals surface area contributed by atoms with E-state index in [0.29, 0.717) is 12.1 Å². The van der Waals surface area contributed by atoms with Crippen molar-refractivity contribution >= 4 is 16.9 Å². The summed E-state index contributed by atoms with van der Waals surface area (Å²) in [6, 6.07) is 8.01. The van der Waals surface area contributed by atoms with Crippen molar-refractivity contribution in [3.63, 3.8) is 0 Å². The molecule has 204 valence electrons. The van der Waals surface area contributed by atoms with Gasteiger partial charge < -0.3 is 19.3 Å². The average Bonchev–Trinajstić information content (AvgIpc) is 3.25. The Bertz CT molecular complexity index is 1080. The molecule has 0 saturated heterocycles. The third-order valence-corrected chi connectivity index (χ3v) is 6.92. The second-order valence-corrected chi connectivity index (χ2v) is 11.7. The molecular weight excluding hydrogens is 460 g/mol. The molecule has 1 N–H and O–H groups in total. The van der Waals surface area contributed by atoms with E-state index in [1.807, 2.05) is 37.2 Å². The Morgan fingerprint density at radius 3 is 2.24 bits per heavy atom. The van der Waals surface area contributed by atoms with Gasteiger partial charge in [-0.15, -0.1) is 0 Å². The summed E-state index contributed by atoms with van der Waals surface area (Å²) in [7, 11) is 3.99. The normalized spacial score (nSPS) is 11.9. The zero-order chi connectivity index (χ0) is 26.7. The molecule has 0 amide bonds. The summed E-state index contributed by atoms with van der Waals surface area (Å²) in [6.45, 7) is 8.25. The third kappa shape index (κ3) is 9.11. The topological polar surface area (TPSA) is 63.4 Å². The Balaban J connectivity index is 1.46. The molecule has 0 saturated carbocycles. The Kier molecular flexibility index (Phi) is 11.4. The van der Waals surface area contributed by atoms with Gasteiger partial charge in [-0.1, -0.05) is 90.3 Å². The molecule has 0 atom stereocenters. The number of anilines is 1. The number of ether oxygens (including phenoxy) is 1. The van der Waals surface area contributed by atoms with Gasteiger partial charge >= 0.3 is 0 Å². The molecular formula is C31H48N4O2. The maximum Gasteiger partial charge on any atom is 0.148 e. The molecule has 0 fully saturated rings. The van der Waals surface area contributed by atoms with Gasteiger partial charge in [0.05, 0.1) is 12.0 Å². The molecule has 0 bridgehead atoms. The van der Waals surface area contributed by atoms with Gasteiger partial charge in [0.25, 0.3) is 0 Å². The highest BCUT2D eigenvalue weighted by Gasteiger charge is 2.18. The Labute approximate surface area is 224 Å². The molecule has 2 aromatic heterocycles. The monoisotopic (exact) mass is 508 g/mol. The van der Waals surface area contributed by atoms with Crippen LogP contribution in [0, 0.1) is 5.41 Å². The zero-order valence-electron chi connectivity index (χ0n) is 23.8. The Morgan fingerprint density at radius 1 is 0.919 bits per heavy atom. The van der Waals surface area contributed by atoms with Crippen molar-refractivity contribution in [2.75, 3.05) is 25.6 Å². The number of aliphatic hydroxyl groups is 1. The van der Waals surface area contributed by atoms with E-state index in [-0.39, 0.29) is 6.61 Å². The summed E-state index contributed by atoms with van der Waals surface area (Å²) >= 11 is 0. The number of unbranched alkanes of at least 4 members (excludes halogenated alkanes) is 8. The van der Waals surface area contributed by atoms with Crippen LogP contribution in [0.3, 0.4) is 0 Å². The van der Waals surface area contributed by atoms with E-state index in [1.165, 1.54) is 57.8 Å². The van der Waals surface area contributed by atoms with Gasteiger partial charge in [-0.3, -0.25) is 0 Å². The summed E-state index contributed by atoms with van der Waals surface area (Å²) < 4.78 is 8.14. The van der Waals surface area contributed by atoms with E-state index in [0.717, 1.165) is 46.6 Å². The lowest BCUT2D eigenvalue weighted by atomic mass is 9.89. The maximum absolute atomic E-state index is 9.61. The van der Waals surface area contributed by atoms with E-state index >= 15 is 0 Å². The molecule has 3 aromatic rings. The van der Waals surface area contributed by atoms with E-state index in [2.05, 4.69) is 47.6 Å². The molecule has 6 nitrogen and oxygen atoms in total. The van der Waals surface area contributed by atoms with Crippen LogP contribution in [0.4, 0.5) is 5.82 Å². The van der Waals surface area contributed by atoms with E-state index in [9.17, 15) is 5.11 Å². The highest BCUT2D eigenvalue weighted by molar-refractivity contribution is 6.01. The fraction of sp³-hybridized carbons (Fsp3) is 0.613. The number of hydrogen-bond donors (Lipinski definition) is 1. The summed E-state index contributed by atoms with van der Waals surface area (Å²) in [5, 5.41) is 10.6. The lowest BCUT2D eigenvalue weighted by Crippen LogP contribution is -2.11. The highest BCUT2D eigenvalue weighted by Crippen LogP contribution is 2.35. The predicted molar refractivity (Wildman–Crippen MR) is 155 cm³/mol. The number of rotatable bonds is 16. The molecule has 0 unspecified atom stereocenters. The summed E-state index contributed by atoms with van der Waals surface area (Å²) in [6.07, 6.45) is 16.9. The number of benzene rings is 1. The van der Waals surface area contributed by atoms with Crippen molar-refractivity contribution in [1.29, 1.82) is 0 Å². The third-order valence-electron chi connectivity index (χ3n) is 6.92.